The van der Waals surface area contributed by atoms with Crippen LogP contribution in [0.2, 0.25) is 0 Å². The van der Waals surface area contributed by atoms with Gasteiger partial charge in [0.05, 0.1) is 11.4 Å². The quantitative estimate of drug-likeness (QED) is 0.487. The highest BCUT2D eigenvalue weighted by Crippen LogP contribution is 2.18. The van der Waals surface area contributed by atoms with Crippen LogP contribution >= 0.6 is 11.8 Å². The highest BCUT2D eigenvalue weighted by molar-refractivity contribution is 8.00. The maximum Gasteiger partial charge on any atom is 0.319 e. The topological polar surface area (TPSA) is 26.3 Å². The molecule has 0 aliphatic carbocycles. The number of esters is 1. The summed E-state index contributed by atoms with van der Waals surface area (Å²) < 4.78 is 17.8. The Morgan fingerprint density at radius 3 is 2.33 bits per heavy atom. The molecule has 0 N–H and O–H groups in total. The van der Waals surface area contributed by atoms with E-state index < -0.39 is 11.8 Å². The maximum atomic E-state index is 12.5. The molecule has 0 heterocycles. The number of thioether (sulfide) groups is 1. The first-order chi connectivity index (χ1) is 8.22. The molecule has 0 spiro atoms. The highest BCUT2D eigenvalue weighted by atomic mass is 32.2. The fourth-order valence-electron chi connectivity index (χ4n) is 1.42. The van der Waals surface area contributed by atoms with Crippen molar-refractivity contribution in [3.8, 4) is 0 Å². The SMILES string of the molecule is CC(F)CCCCCSC(C)C(=O)OC(C)(C)C. The molecule has 0 amide bonds. The number of hydrogen-bond donors (Lipinski definition) is 0. The largest absolute Gasteiger partial charge is 0.459 e. The van der Waals surface area contributed by atoms with E-state index in [2.05, 4.69) is 0 Å². The van der Waals surface area contributed by atoms with Crippen LogP contribution < -0.4 is 0 Å². The van der Waals surface area contributed by atoms with Gasteiger partial charge in [0.15, 0.2) is 0 Å². The van der Waals surface area contributed by atoms with Crippen LogP contribution in [-0.4, -0.2) is 28.7 Å². The molecule has 18 heavy (non-hydrogen) atoms. The second-order valence-corrected chi connectivity index (χ2v) is 7.13. The molecule has 2 nitrogen and oxygen atoms in total. The monoisotopic (exact) mass is 278 g/mol. The number of hydrogen-bond acceptors (Lipinski definition) is 3. The first-order valence-corrected chi connectivity index (χ1v) is 7.76. The van der Waals surface area contributed by atoms with Crippen molar-refractivity contribution in [2.24, 2.45) is 0 Å². The van der Waals surface area contributed by atoms with Gasteiger partial charge in [-0.25, -0.2) is 4.39 Å². The minimum Gasteiger partial charge on any atom is -0.459 e. The lowest BCUT2D eigenvalue weighted by Gasteiger charge is -2.22. The Morgan fingerprint density at radius 2 is 1.83 bits per heavy atom. The van der Waals surface area contributed by atoms with Crippen LogP contribution in [0.3, 0.4) is 0 Å². The van der Waals surface area contributed by atoms with Gasteiger partial charge in [-0.05, 0) is 53.2 Å². The molecular weight excluding hydrogens is 251 g/mol. The normalized spacial score (nSPS) is 15.2. The third-order valence-corrected chi connectivity index (χ3v) is 3.57. The van der Waals surface area contributed by atoms with Crippen molar-refractivity contribution < 1.29 is 13.9 Å². The summed E-state index contributed by atoms with van der Waals surface area (Å²) in [7, 11) is 0. The van der Waals surface area contributed by atoms with E-state index in [1.807, 2.05) is 27.7 Å². The van der Waals surface area contributed by atoms with Crippen LogP contribution in [0.5, 0.6) is 0 Å². The van der Waals surface area contributed by atoms with Crippen molar-refractivity contribution in [2.45, 2.75) is 77.3 Å². The van der Waals surface area contributed by atoms with Crippen LogP contribution in [-0.2, 0) is 9.53 Å². The summed E-state index contributed by atoms with van der Waals surface area (Å²) in [4.78, 5) is 11.7. The molecule has 0 aromatic rings. The van der Waals surface area contributed by atoms with Gasteiger partial charge in [0.25, 0.3) is 0 Å². The van der Waals surface area contributed by atoms with Crippen molar-refractivity contribution in [2.75, 3.05) is 5.75 Å². The Kier molecular flexibility index (Phi) is 8.66. The molecule has 108 valence electrons. The molecule has 0 aliphatic heterocycles. The first kappa shape index (κ1) is 17.8. The summed E-state index contributed by atoms with van der Waals surface area (Å²) >= 11 is 1.62. The minimum absolute atomic E-state index is 0.121. The second kappa shape index (κ2) is 8.78. The lowest BCUT2D eigenvalue weighted by Crippen LogP contribution is -2.29. The van der Waals surface area contributed by atoms with Gasteiger partial charge in [-0.2, -0.15) is 0 Å². The van der Waals surface area contributed by atoms with E-state index in [9.17, 15) is 9.18 Å². The van der Waals surface area contributed by atoms with Crippen LogP contribution in [0.15, 0.2) is 0 Å². The van der Waals surface area contributed by atoms with Gasteiger partial charge in [-0.15, -0.1) is 11.8 Å². The third kappa shape index (κ3) is 10.9. The Bertz CT molecular complexity index is 236. The number of unbranched alkanes of at least 4 members (excludes halogenated alkanes) is 2. The maximum absolute atomic E-state index is 12.5. The van der Waals surface area contributed by atoms with Crippen molar-refractivity contribution in [3.05, 3.63) is 0 Å². The molecule has 0 aromatic carbocycles. The number of carbonyl (C=O) groups excluding carboxylic acids is 1. The predicted molar refractivity (Wildman–Crippen MR) is 76.8 cm³/mol. The Hall–Kier alpha value is -0.250. The zero-order chi connectivity index (χ0) is 14.2. The fourth-order valence-corrected chi connectivity index (χ4v) is 2.33. The van der Waals surface area contributed by atoms with E-state index in [4.69, 9.17) is 4.74 Å². The summed E-state index contributed by atoms with van der Waals surface area (Å²) in [5, 5.41) is -0.121. The fraction of sp³-hybridized carbons (Fsp3) is 0.929. The summed E-state index contributed by atoms with van der Waals surface area (Å²) in [6.45, 7) is 9.10. The average Bonchev–Trinajstić information content (AvgIpc) is 2.19. The van der Waals surface area contributed by atoms with Gasteiger partial charge in [0.2, 0.25) is 0 Å². The van der Waals surface area contributed by atoms with Gasteiger partial charge < -0.3 is 4.74 Å². The molecule has 0 bridgehead atoms. The van der Waals surface area contributed by atoms with Crippen LogP contribution in [0.25, 0.3) is 0 Å². The molecule has 0 aromatic heterocycles. The molecule has 2 unspecified atom stereocenters. The van der Waals surface area contributed by atoms with Gasteiger partial charge in [-0.3, -0.25) is 4.79 Å². The lowest BCUT2D eigenvalue weighted by molar-refractivity contribution is -0.153. The molecule has 2 atom stereocenters. The number of carbonyl (C=O) groups is 1. The molecule has 0 rings (SSSR count). The smallest absolute Gasteiger partial charge is 0.319 e. The van der Waals surface area contributed by atoms with E-state index in [1.165, 1.54) is 0 Å². The molecule has 0 saturated carbocycles. The van der Waals surface area contributed by atoms with Crippen LogP contribution in [0.4, 0.5) is 4.39 Å². The zero-order valence-electron chi connectivity index (χ0n) is 12.3. The van der Waals surface area contributed by atoms with E-state index in [-0.39, 0.29) is 11.2 Å². The Labute approximate surface area is 115 Å². The summed E-state index contributed by atoms with van der Waals surface area (Å²) in [5.74, 6) is 0.783. The molecule has 0 saturated heterocycles. The predicted octanol–water partition coefficient (Wildman–Crippen LogP) is 4.37. The molecule has 0 radical (unpaired) electrons. The summed E-state index contributed by atoms with van der Waals surface area (Å²) in [6.07, 6.45) is 2.94. The van der Waals surface area contributed by atoms with Gasteiger partial charge >= 0.3 is 5.97 Å². The summed E-state index contributed by atoms with van der Waals surface area (Å²) in [5.41, 5.74) is -0.414. The van der Waals surface area contributed by atoms with Crippen molar-refractivity contribution in [1.29, 1.82) is 0 Å². The summed E-state index contributed by atoms with van der Waals surface area (Å²) in [6, 6.07) is 0. The number of halogens is 1. The van der Waals surface area contributed by atoms with E-state index in [1.54, 1.807) is 18.7 Å². The standard InChI is InChI=1S/C14H27FO2S/c1-11(15)9-7-6-8-10-18-12(2)13(16)17-14(3,4)5/h11-12H,6-10H2,1-5H3. The minimum atomic E-state index is -0.696. The number of ether oxygens (including phenoxy) is 1. The van der Waals surface area contributed by atoms with E-state index in [0.717, 1.165) is 25.0 Å². The first-order valence-electron chi connectivity index (χ1n) is 6.71. The van der Waals surface area contributed by atoms with E-state index >= 15 is 0 Å². The molecule has 4 heteroatoms. The van der Waals surface area contributed by atoms with Gasteiger partial charge in [0.1, 0.15) is 5.60 Å². The second-order valence-electron chi connectivity index (χ2n) is 5.68. The van der Waals surface area contributed by atoms with Crippen LogP contribution in [0, 0.1) is 0 Å². The number of alkyl halides is 1. The third-order valence-electron chi connectivity index (χ3n) is 2.35. The average molecular weight is 278 g/mol. The molecular formula is C14H27FO2S. The van der Waals surface area contributed by atoms with Gasteiger partial charge in [-0.1, -0.05) is 12.8 Å². The lowest BCUT2D eigenvalue weighted by atomic mass is 10.1. The Morgan fingerprint density at radius 1 is 1.22 bits per heavy atom. The van der Waals surface area contributed by atoms with Gasteiger partial charge in [0, 0.05) is 0 Å². The van der Waals surface area contributed by atoms with E-state index in [0.29, 0.717) is 6.42 Å². The highest BCUT2D eigenvalue weighted by Gasteiger charge is 2.21. The number of rotatable bonds is 8. The van der Waals surface area contributed by atoms with Crippen molar-refractivity contribution in [3.63, 3.8) is 0 Å². The van der Waals surface area contributed by atoms with Crippen molar-refractivity contribution in [1.82, 2.24) is 0 Å². The zero-order valence-corrected chi connectivity index (χ0v) is 13.1. The van der Waals surface area contributed by atoms with Crippen molar-refractivity contribution >= 4 is 17.7 Å². The Balaban J connectivity index is 3.58. The molecule has 0 fully saturated rings. The molecule has 0 aliphatic rings. The van der Waals surface area contributed by atoms with Crippen LogP contribution in [0.1, 0.15) is 60.3 Å².